The molecular weight excluding hydrogens is 192 g/mol. The zero-order valence-corrected chi connectivity index (χ0v) is 8.51. The van der Waals surface area contributed by atoms with Gasteiger partial charge in [0.25, 0.3) is 0 Å². The topological polar surface area (TPSA) is 44.1 Å². The van der Waals surface area contributed by atoms with Crippen molar-refractivity contribution >= 4 is 16.7 Å². The summed E-state index contributed by atoms with van der Waals surface area (Å²) in [6, 6.07) is 7.80. The molecule has 1 aromatic carbocycles. The summed E-state index contributed by atoms with van der Waals surface area (Å²) in [5.41, 5.74) is 0.974. The van der Waals surface area contributed by atoms with Crippen LogP contribution < -0.4 is 0 Å². The first-order valence-electron chi connectivity index (χ1n) is 4.72. The van der Waals surface area contributed by atoms with Crippen molar-refractivity contribution in [1.82, 2.24) is 9.78 Å². The number of para-hydroxylation sites is 1. The lowest BCUT2D eigenvalue weighted by atomic mass is 10.2. The summed E-state index contributed by atoms with van der Waals surface area (Å²) in [4.78, 5) is 11.4. The van der Waals surface area contributed by atoms with E-state index in [0.29, 0.717) is 0 Å². The molecule has 0 aliphatic heterocycles. The lowest BCUT2D eigenvalue weighted by Crippen LogP contribution is -2.15. The highest BCUT2D eigenvalue weighted by molar-refractivity contribution is 5.83. The number of benzene rings is 1. The molecule has 0 atom stereocenters. The molecule has 0 aliphatic rings. The number of aromatic nitrogens is 2. The maximum atomic E-state index is 11.4. The van der Waals surface area contributed by atoms with Crippen LogP contribution in [0, 0.1) is 0 Å². The van der Waals surface area contributed by atoms with E-state index in [1.54, 1.807) is 10.9 Å². The molecule has 0 saturated heterocycles. The zero-order valence-electron chi connectivity index (χ0n) is 8.51. The summed E-state index contributed by atoms with van der Waals surface area (Å²) in [6.45, 7) is 0.398. The number of ether oxygens (including phenoxy) is 1. The van der Waals surface area contributed by atoms with Crippen LogP contribution in [0.3, 0.4) is 0 Å². The van der Waals surface area contributed by atoms with Crippen molar-refractivity contribution in [2.45, 2.75) is 6.54 Å². The zero-order chi connectivity index (χ0) is 10.7. The van der Waals surface area contributed by atoms with Gasteiger partial charge in [-0.2, -0.15) is 5.10 Å². The summed E-state index contributed by atoms with van der Waals surface area (Å²) in [6.07, 6.45) is 1.76. The Bertz CT molecular complexity index is 476. The van der Waals surface area contributed by atoms with Gasteiger partial charge in [0.2, 0.25) is 0 Å². The highest BCUT2D eigenvalue weighted by Crippen LogP contribution is 2.12. The van der Waals surface area contributed by atoms with Gasteiger partial charge in [-0.1, -0.05) is 18.2 Å². The predicted molar refractivity (Wildman–Crippen MR) is 56.6 cm³/mol. The number of ketones is 1. The average molecular weight is 204 g/mol. The molecule has 0 bridgehead atoms. The van der Waals surface area contributed by atoms with Crippen LogP contribution in [-0.2, 0) is 16.1 Å². The smallest absolute Gasteiger partial charge is 0.179 e. The Morgan fingerprint density at radius 2 is 2.27 bits per heavy atom. The number of fused-ring (bicyclic) bond motifs is 1. The second-order valence-corrected chi connectivity index (χ2v) is 3.33. The maximum Gasteiger partial charge on any atom is 0.179 e. The van der Waals surface area contributed by atoms with Crippen molar-refractivity contribution in [3.63, 3.8) is 0 Å². The summed E-state index contributed by atoms with van der Waals surface area (Å²) < 4.78 is 6.46. The van der Waals surface area contributed by atoms with E-state index < -0.39 is 0 Å². The normalized spacial score (nSPS) is 10.7. The summed E-state index contributed by atoms with van der Waals surface area (Å²) in [7, 11) is 1.51. The van der Waals surface area contributed by atoms with Gasteiger partial charge >= 0.3 is 0 Å². The summed E-state index contributed by atoms with van der Waals surface area (Å²) in [5, 5.41) is 5.20. The van der Waals surface area contributed by atoms with Crippen LogP contribution in [0.4, 0.5) is 0 Å². The van der Waals surface area contributed by atoms with Gasteiger partial charge in [0.05, 0.1) is 11.7 Å². The maximum absolute atomic E-state index is 11.4. The van der Waals surface area contributed by atoms with Crippen molar-refractivity contribution in [1.29, 1.82) is 0 Å². The Kier molecular flexibility index (Phi) is 2.78. The van der Waals surface area contributed by atoms with Gasteiger partial charge in [0, 0.05) is 12.5 Å². The van der Waals surface area contributed by atoms with Crippen molar-refractivity contribution in [2.24, 2.45) is 0 Å². The lowest BCUT2D eigenvalue weighted by molar-refractivity contribution is -0.123. The summed E-state index contributed by atoms with van der Waals surface area (Å²) in [5.74, 6) is 0.0198. The van der Waals surface area contributed by atoms with Crippen molar-refractivity contribution < 1.29 is 9.53 Å². The molecule has 0 spiro atoms. The van der Waals surface area contributed by atoms with E-state index in [0.717, 1.165) is 10.9 Å². The molecule has 2 rings (SSSR count). The molecule has 0 saturated carbocycles. The van der Waals surface area contributed by atoms with Crippen LogP contribution in [0.2, 0.25) is 0 Å². The fourth-order valence-corrected chi connectivity index (χ4v) is 1.53. The Morgan fingerprint density at radius 3 is 3.07 bits per heavy atom. The molecule has 0 fully saturated rings. The van der Waals surface area contributed by atoms with Gasteiger partial charge in [-0.05, 0) is 6.07 Å². The first-order valence-corrected chi connectivity index (χ1v) is 4.72. The molecule has 4 nitrogen and oxygen atoms in total. The van der Waals surface area contributed by atoms with Crippen LogP contribution in [0.5, 0.6) is 0 Å². The van der Waals surface area contributed by atoms with E-state index in [-0.39, 0.29) is 18.9 Å². The molecule has 1 aromatic heterocycles. The largest absolute Gasteiger partial charge is 0.377 e. The third kappa shape index (κ3) is 2.05. The standard InChI is InChI=1S/C11H12N2O2/c1-15-8-10(14)7-13-11-5-3-2-4-9(11)6-12-13/h2-6H,7-8H2,1H3. The van der Waals surface area contributed by atoms with Crippen LogP contribution in [0.1, 0.15) is 0 Å². The Labute approximate surface area is 87.5 Å². The van der Waals surface area contributed by atoms with Crippen LogP contribution in [-0.4, -0.2) is 29.3 Å². The summed E-state index contributed by atoms with van der Waals surface area (Å²) >= 11 is 0. The average Bonchev–Trinajstić information content (AvgIpc) is 2.62. The third-order valence-corrected chi connectivity index (χ3v) is 2.18. The van der Waals surface area contributed by atoms with Gasteiger partial charge < -0.3 is 4.74 Å². The molecule has 0 aliphatic carbocycles. The van der Waals surface area contributed by atoms with Gasteiger partial charge in [-0.15, -0.1) is 0 Å². The SMILES string of the molecule is COCC(=O)Cn1ncc2ccccc21. The van der Waals surface area contributed by atoms with Gasteiger partial charge in [-0.3, -0.25) is 9.48 Å². The monoisotopic (exact) mass is 204 g/mol. The number of hydrogen-bond acceptors (Lipinski definition) is 3. The minimum Gasteiger partial charge on any atom is -0.377 e. The van der Waals surface area contributed by atoms with E-state index in [1.807, 2.05) is 24.3 Å². The van der Waals surface area contributed by atoms with Crippen molar-refractivity contribution in [2.75, 3.05) is 13.7 Å². The first-order chi connectivity index (χ1) is 7.31. The Balaban J connectivity index is 2.25. The highest BCUT2D eigenvalue weighted by Gasteiger charge is 2.06. The molecule has 78 valence electrons. The Hall–Kier alpha value is -1.68. The number of carbonyl (C=O) groups excluding carboxylic acids is 1. The number of Topliss-reactive ketones (excluding diaryl/α,β-unsaturated/α-hetero) is 1. The molecule has 0 unspecified atom stereocenters. The molecule has 1 heterocycles. The second kappa shape index (κ2) is 4.23. The van der Waals surface area contributed by atoms with E-state index in [1.165, 1.54) is 7.11 Å². The van der Waals surface area contributed by atoms with E-state index in [9.17, 15) is 4.79 Å². The number of carbonyl (C=O) groups is 1. The first kappa shape index (κ1) is 9.86. The molecular formula is C11H12N2O2. The number of rotatable bonds is 4. The molecule has 0 N–H and O–H groups in total. The predicted octanol–water partition coefficient (Wildman–Crippen LogP) is 1.25. The van der Waals surface area contributed by atoms with Crippen molar-refractivity contribution in [3.8, 4) is 0 Å². The Morgan fingerprint density at radius 1 is 1.47 bits per heavy atom. The molecule has 15 heavy (non-hydrogen) atoms. The molecule has 2 aromatic rings. The van der Waals surface area contributed by atoms with E-state index in [2.05, 4.69) is 5.10 Å². The van der Waals surface area contributed by atoms with Gasteiger partial charge in [0.1, 0.15) is 13.2 Å². The van der Waals surface area contributed by atoms with E-state index >= 15 is 0 Å². The second-order valence-electron chi connectivity index (χ2n) is 3.33. The third-order valence-electron chi connectivity index (χ3n) is 2.18. The number of hydrogen-bond donors (Lipinski definition) is 0. The van der Waals surface area contributed by atoms with Crippen LogP contribution >= 0.6 is 0 Å². The number of nitrogens with zero attached hydrogens (tertiary/aromatic N) is 2. The number of methoxy groups -OCH3 is 1. The minimum atomic E-state index is 0.0198. The molecule has 0 amide bonds. The quantitative estimate of drug-likeness (QED) is 0.752. The van der Waals surface area contributed by atoms with Gasteiger partial charge in [-0.25, -0.2) is 0 Å². The molecule has 4 heteroatoms. The minimum absolute atomic E-state index is 0.0198. The lowest BCUT2D eigenvalue weighted by Gasteiger charge is -2.01. The highest BCUT2D eigenvalue weighted by atomic mass is 16.5. The van der Waals surface area contributed by atoms with Gasteiger partial charge in [0.15, 0.2) is 5.78 Å². The fraction of sp³-hybridized carbons (Fsp3) is 0.273. The van der Waals surface area contributed by atoms with E-state index in [4.69, 9.17) is 4.74 Å². The van der Waals surface area contributed by atoms with Crippen LogP contribution in [0.25, 0.3) is 10.9 Å². The van der Waals surface area contributed by atoms with Crippen LogP contribution in [0.15, 0.2) is 30.5 Å². The fourth-order valence-electron chi connectivity index (χ4n) is 1.53. The van der Waals surface area contributed by atoms with Crippen molar-refractivity contribution in [3.05, 3.63) is 30.5 Å². The molecule has 0 radical (unpaired) electrons.